The molecule has 3 rings (SSSR count). The highest BCUT2D eigenvalue weighted by atomic mass is 15.0. The van der Waals surface area contributed by atoms with Crippen LogP contribution < -0.4 is 0 Å². The first-order valence-electron chi connectivity index (χ1n) is 6.62. The first-order valence-corrected chi connectivity index (χ1v) is 6.62. The van der Waals surface area contributed by atoms with Gasteiger partial charge in [-0.3, -0.25) is 4.98 Å². The number of aromatic nitrogens is 2. The molecule has 0 spiro atoms. The quantitative estimate of drug-likeness (QED) is 0.660. The van der Waals surface area contributed by atoms with Crippen molar-refractivity contribution in [2.75, 3.05) is 0 Å². The smallest absolute Gasteiger partial charge is 0.0517 e. The summed E-state index contributed by atoms with van der Waals surface area (Å²) in [6.45, 7) is 7.42. The summed E-state index contributed by atoms with van der Waals surface area (Å²) < 4.78 is 2.38. The fourth-order valence-corrected chi connectivity index (χ4v) is 2.70. The second-order valence-electron chi connectivity index (χ2n) is 5.19. The summed E-state index contributed by atoms with van der Waals surface area (Å²) in [6, 6.07) is 10.8. The second kappa shape index (κ2) is 5.49. The molecule has 3 aromatic rings. The van der Waals surface area contributed by atoms with Crippen molar-refractivity contribution in [3.8, 4) is 0 Å². The Kier molecular flexibility index (Phi) is 3.93. The van der Waals surface area contributed by atoms with Crippen molar-refractivity contribution < 1.29 is 0 Å². The largest absolute Gasteiger partial charge is 0.340 e. The van der Waals surface area contributed by atoms with E-state index < -0.39 is 0 Å². The predicted molar refractivity (Wildman–Crippen MR) is 86.2 cm³/mol. The van der Waals surface area contributed by atoms with Crippen molar-refractivity contribution >= 4 is 10.9 Å². The van der Waals surface area contributed by atoms with Crippen LogP contribution in [0.3, 0.4) is 0 Å². The van der Waals surface area contributed by atoms with Crippen LogP contribution in [0.5, 0.6) is 0 Å². The molecule has 20 heavy (non-hydrogen) atoms. The van der Waals surface area contributed by atoms with Crippen LogP contribution in [0, 0.1) is 20.8 Å². The molecule has 0 radical (unpaired) electrons. The Morgan fingerprint density at radius 1 is 1.05 bits per heavy atom. The van der Waals surface area contributed by atoms with Crippen molar-refractivity contribution in [1.82, 2.24) is 9.55 Å². The molecule has 104 valence electrons. The molecule has 0 N–H and O–H groups in total. The molecule has 0 aliphatic heterocycles. The highest BCUT2D eigenvalue weighted by molar-refractivity contribution is 5.87. The highest BCUT2D eigenvalue weighted by Gasteiger charge is 2.10. The van der Waals surface area contributed by atoms with E-state index in [1.165, 1.54) is 33.3 Å². The zero-order chi connectivity index (χ0) is 13.4. The number of hydrogen-bond donors (Lipinski definition) is 0. The minimum absolute atomic E-state index is 0. The zero-order valence-electron chi connectivity index (χ0n) is 11.6. The van der Waals surface area contributed by atoms with Crippen LogP contribution in [0.15, 0.2) is 42.7 Å². The molecule has 2 aromatic heterocycles. The molecular weight excluding hydrogens is 244 g/mol. The van der Waals surface area contributed by atoms with Gasteiger partial charge < -0.3 is 4.57 Å². The van der Waals surface area contributed by atoms with E-state index in [0.717, 1.165) is 6.54 Å². The highest BCUT2D eigenvalue weighted by Crippen LogP contribution is 2.26. The van der Waals surface area contributed by atoms with Crippen LogP contribution in [-0.4, -0.2) is 9.55 Å². The van der Waals surface area contributed by atoms with Crippen molar-refractivity contribution in [2.24, 2.45) is 0 Å². The van der Waals surface area contributed by atoms with Crippen molar-refractivity contribution in [1.29, 1.82) is 0 Å². The molecule has 2 heteroatoms. The van der Waals surface area contributed by atoms with Crippen molar-refractivity contribution in [3.05, 3.63) is 65.1 Å². The molecule has 0 unspecified atom stereocenters. The van der Waals surface area contributed by atoms with E-state index in [2.05, 4.69) is 54.6 Å². The average Bonchev–Trinajstić information content (AvgIpc) is 2.74. The maximum absolute atomic E-state index is 4.20. The van der Waals surface area contributed by atoms with Gasteiger partial charge in [0.2, 0.25) is 0 Å². The Hall–Kier alpha value is -2.09. The number of hydrogen-bond acceptors (Lipinski definition) is 1. The standard InChI is InChI=1S/C17H18N2.CH4/c1-12-6-7-13(2)17-16(12)9-14(3)19(17)11-15-5-4-8-18-10-15;/h4-10H,11H2,1-3H3;1H4. The molecular formula is C18H22N2. The van der Waals surface area contributed by atoms with E-state index in [0.29, 0.717) is 0 Å². The van der Waals surface area contributed by atoms with Crippen molar-refractivity contribution in [3.63, 3.8) is 0 Å². The SMILES string of the molecule is C.Cc1ccc(C)c2c1cc(C)n2Cc1cccnc1. The summed E-state index contributed by atoms with van der Waals surface area (Å²) >= 11 is 0. The summed E-state index contributed by atoms with van der Waals surface area (Å²) in [7, 11) is 0. The van der Waals surface area contributed by atoms with Gasteiger partial charge in [0.25, 0.3) is 0 Å². The molecule has 0 saturated carbocycles. The van der Waals surface area contributed by atoms with Crippen LogP contribution >= 0.6 is 0 Å². The topological polar surface area (TPSA) is 17.8 Å². The van der Waals surface area contributed by atoms with E-state index in [4.69, 9.17) is 0 Å². The first kappa shape index (κ1) is 14.3. The third-order valence-electron chi connectivity index (χ3n) is 3.75. The Morgan fingerprint density at radius 2 is 1.80 bits per heavy atom. The molecule has 2 heterocycles. The molecule has 0 bridgehead atoms. The lowest BCUT2D eigenvalue weighted by molar-refractivity contribution is 0.798. The lowest BCUT2D eigenvalue weighted by Crippen LogP contribution is -2.02. The molecule has 2 nitrogen and oxygen atoms in total. The average molecular weight is 266 g/mol. The maximum Gasteiger partial charge on any atom is 0.0517 e. The fraction of sp³-hybridized carbons (Fsp3) is 0.278. The predicted octanol–water partition coefficient (Wildman–Crippen LogP) is 4.65. The Balaban J connectivity index is 0.00000147. The minimum Gasteiger partial charge on any atom is -0.340 e. The van der Waals surface area contributed by atoms with E-state index in [1.54, 1.807) is 0 Å². The second-order valence-corrected chi connectivity index (χ2v) is 5.19. The number of benzene rings is 1. The molecule has 0 aliphatic rings. The van der Waals surface area contributed by atoms with Crippen LogP contribution in [-0.2, 0) is 6.54 Å². The van der Waals surface area contributed by atoms with Gasteiger partial charge in [-0.1, -0.05) is 25.6 Å². The Morgan fingerprint density at radius 3 is 2.50 bits per heavy atom. The maximum atomic E-state index is 4.20. The summed E-state index contributed by atoms with van der Waals surface area (Å²) in [4.78, 5) is 4.20. The third-order valence-corrected chi connectivity index (χ3v) is 3.75. The van der Waals surface area contributed by atoms with Gasteiger partial charge >= 0.3 is 0 Å². The van der Waals surface area contributed by atoms with E-state index >= 15 is 0 Å². The van der Waals surface area contributed by atoms with Gasteiger partial charge in [0, 0.05) is 30.0 Å². The van der Waals surface area contributed by atoms with Gasteiger partial charge in [0.1, 0.15) is 0 Å². The molecule has 0 fully saturated rings. The normalized spacial score (nSPS) is 10.6. The first-order chi connectivity index (χ1) is 9.16. The van der Waals surface area contributed by atoms with Gasteiger partial charge in [0.15, 0.2) is 0 Å². The van der Waals surface area contributed by atoms with Crippen molar-refractivity contribution in [2.45, 2.75) is 34.7 Å². The van der Waals surface area contributed by atoms with E-state index in [-0.39, 0.29) is 7.43 Å². The summed E-state index contributed by atoms with van der Waals surface area (Å²) in [5.41, 5.74) is 6.56. The number of pyridine rings is 1. The van der Waals surface area contributed by atoms with Gasteiger partial charge in [-0.05, 0) is 49.6 Å². The van der Waals surface area contributed by atoms with E-state index in [1.807, 2.05) is 18.5 Å². The molecule has 1 aromatic carbocycles. The number of aryl methyl sites for hydroxylation is 3. The Bertz CT molecular complexity index is 724. The molecule has 0 saturated heterocycles. The van der Waals surface area contributed by atoms with Gasteiger partial charge in [-0.25, -0.2) is 0 Å². The van der Waals surface area contributed by atoms with Crippen LogP contribution in [0.25, 0.3) is 10.9 Å². The van der Waals surface area contributed by atoms with Gasteiger partial charge in [-0.15, -0.1) is 0 Å². The fourth-order valence-electron chi connectivity index (χ4n) is 2.70. The summed E-state index contributed by atoms with van der Waals surface area (Å²) in [5, 5.41) is 1.36. The number of nitrogens with zero attached hydrogens (tertiary/aromatic N) is 2. The monoisotopic (exact) mass is 266 g/mol. The molecule has 0 aliphatic carbocycles. The van der Waals surface area contributed by atoms with Gasteiger partial charge in [0.05, 0.1) is 5.52 Å². The molecule has 0 amide bonds. The third kappa shape index (κ3) is 2.34. The Labute approximate surface area is 121 Å². The van der Waals surface area contributed by atoms with Crippen LogP contribution in [0.1, 0.15) is 29.8 Å². The van der Waals surface area contributed by atoms with Crippen LogP contribution in [0.2, 0.25) is 0 Å². The lowest BCUT2D eigenvalue weighted by atomic mass is 10.1. The zero-order valence-corrected chi connectivity index (χ0v) is 11.6. The van der Waals surface area contributed by atoms with Crippen LogP contribution in [0.4, 0.5) is 0 Å². The molecule has 0 atom stereocenters. The number of fused-ring (bicyclic) bond motifs is 1. The minimum atomic E-state index is 0. The summed E-state index contributed by atoms with van der Waals surface area (Å²) in [5.74, 6) is 0. The number of rotatable bonds is 2. The van der Waals surface area contributed by atoms with E-state index in [9.17, 15) is 0 Å². The van der Waals surface area contributed by atoms with Gasteiger partial charge in [-0.2, -0.15) is 0 Å². The summed E-state index contributed by atoms with van der Waals surface area (Å²) in [6.07, 6.45) is 3.76. The lowest BCUT2D eigenvalue weighted by Gasteiger charge is -2.10.